The Labute approximate surface area is 130 Å². The van der Waals surface area contributed by atoms with Gasteiger partial charge in [0.1, 0.15) is 5.82 Å². The van der Waals surface area contributed by atoms with Crippen LogP contribution in [-0.4, -0.2) is 17.9 Å². The highest BCUT2D eigenvalue weighted by atomic mass is 79.9. The topological polar surface area (TPSA) is 20.3 Å². The van der Waals surface area contributed by atoms with Gasteiger partial charge in [-0.05, 0) is 60.1 Å². The molecule has 1 aromatic carbocycles. The molecule has 0 bridgehead atoms. The zero-order valence-corrected chi connectivity index (χ0v) is 13.9. The van der Waals surface area contributed by atoms with Gasteiger partial charge in [0, 0.05) is 21.3 Å². The highest BCUT2D eigenvalue weighted by Gasteiger charge is 2.22. The molecular formula is C15H15BrFNOS. The van der Waals surface area contributed by atoms with Crippen LogP contribution in [0.15, 0.2) is 34.8 Å². The largest absolute Gasteiger partial charge is 0.334 e. The standard InChI is InChI=1S/C15H15BrFNOS/c1-9-4-7-14(20-9)10(2)18(3)15(19)12-8-11(17)5-6-13(12)16/h4-8,10H,1-3H3. The third kappa shape index (κ3) is 3.10. The van der Waals surface area contributed by atoms with E-state index in [-0.39, 0.29) is 11.9 Å². The summed E-state index contributed by atoms with van der Waals surface area (Å²) in [6.07, 6.45) is 0. The fraction of sp³-hybridized carbons (Fsp3) is 0.267. The van der Waals surface area contributed by atoms with Gasteiger partial charge >= 0.3 is 0 Å². The quantitative estimate of drug-likeness (QED) is 0.774. The van der Waals surface area contributed by atoms with Crippen LogP contribution in [0, 0.1) is 12.7 Å². The summed E-state index contributed by atoms with van der Waals surface area (Å²) < 4.78 is 13.9. The molecule has 2 rings (SSSR count). The summed E-state index contributed by atoms with van der Waals surface area (Å²) in [5.74, 6) is -0.612. The van der Waals surface area contributed by atoms with E-state index in [1.807, 2.05) is 26.0 Å². The fourth-order valence-corrected chi connectivity index (χ4v) is 3.28. The van der Waals surface area contributed by atoms with Gasteiger partial charge in [0.25, 0.3) is 5.91 Å². The van der Waals surface area contributed by atoms with Gasteiger partial charge in [-0.3, -0.25) is 4.79 Å². The second-order valence-corrected chi connectivity index (χ2v) is 6.84. The lowest BCUT2D eigenvalue weighted by Crippen LogP contribution is -2.29. The summed E-state index contributed by atoms with van der Waals surface area (Å²) in [6, 6.07) is 8.15. The first-order chi connectivity index (χ1) is 9.40. The van der Waals surface area contributed by atoms with Crippen LogP contribution in [0.4, 0.5) is 4.39 Å². The smallest absolute Gasteiger partial charge is 0.255 e. The van der Waals surface area contributed by atoms with Crippen LogP contribution >= 0.6 is 27.3 Å². The molecule has 1 amide bonds. The Bertz CT molecular complexity index is 641. The lowest BCUT2D eigenvalue weighted by atomic mass is 10.1. The van der Waals surface area contributed by atoms with Crippen LogP contribution in [0.5, 0.6) is 0 Å². The van der Waals surface area contributed by atoms with Crippen molar-refractivity contribution in [1.29, 1.82) is 0 Å². The number of nitrogens with zero attached hydrogens (tertiary/aromatic N) is 1. The predicted molar refractivity (Wildman–Crippen MR) is 83.7 cm³/mol. The Balaban J connectivity index is 2.26. The number of halogens is 2. The minimum atomic E-state index is -0.412. The molecule has 2 nitrogen and oxygen atoms in total. The van der Waals surface area contributed by atoms with E-state index >= 15 is 0 Å². The molecule has 2 aromatic rings. The third-order valence-electron chi connectivity index (χ3n) is 3.23. The molecule has 0 aliphatic rings. The highest BCUT2D eigenvalue weighted by Crippen LogP contribution is 2.28. The first-order valence-electron chi connectivity index (χ1n) is 6.18. The summed E-state index contributed by atoms with van der Waals surface area (Å²) in [5, 5.41) is 0. The Morgan fingerprint density at radius 2 is 2.05 bits per heavy atom. The van der Waals surface area contributed by atoms with Gasteiger partial charge < -0.3 is 4.90 Å². The summed E-state index contributed by atoms with van der Waals surface area (Å²) in [5.41, 5.74) is 0.340. The van der Waals surface area contributed by atoms with Crippen molar-refractivity contribution in [3.8, 4) is 0 Å². The van der Waals surface area contributed by atoms with Crippen LogP contribution in [0.25, 0.3) is 0 Å². The van der Waals surface area contributed by atoms with Crippen LogP contribution in [-0.2, 0) is 0 Å². The number of rotatable bonds is 3. The van der Waals surface area contributed by atoms with Crippen LogP contribution in [0.1, 0.15) is 33.1 Å². The maximum Gasteiger partial charge on any atom is 0.255 e. The minimum Gasteiger partial charge on any atom is -0.334 e. The summed E-state index contributed by atoms with van der Waals surface area (Å²) in [4.78, 5) is 16.4. The van der Waals surface area contributed by atoms with Gasteiger partial charge in [-0.1, -0.05) is 0 Å². The molecule has 1 heterocycles. The number of hydrogen-bond acceptors (Lipinski definition) is 2. The van der Waals surface area contributed by atoms with E-state index in [2.05, 4.69) is 15.9 Å². The van der Waals surface area contributed by atoms with Crippen LogP contribution in [0.2, 0.25) is 0 Å². The van der Waals surface area contributed by atoms with Crippen molar-refractivity contribution in [2.24, 2.45) is 0 Å². The summed E-state index contributed by atoms with van der Waals surface area (Å²) in [6.45, 7) is 4.00. The number of carbonyl (C=O) groups excluding carboxylic acids is 1. The Morgan fingerprint density at radius 1 is 1.35 bits per heavy atom. The van der Waals surface area contributed by atoms with Crippen molar-refractivity contribution >= 4 is 33.2 Å². The predicted octanol–water partition coefficient (Wildman–Crippen LogP) is 4.79. The molecular weight excluding hydrogens is 341 g/mol. The van der Waals surface area contributed by atoms with Gasteiger partial charge in [0.2, 0.25) is 0 Å². The molecule has 0 N–H and O–H groups in total. The second-order valence-electron chi connectivity index (χ2n) is 4.66. The van der Waals surface area contributed by atoms with Gasteiger partial charge in [0.15, 0.2) is 0 Å². The minimum absolute atomic E-state index is 0.0450. The number of thiophene rings is 1. The van der Waals surface area contributed by atoms with Gasteiger partial charge in [-0.25, -0.2) is 4.39 Å². The second kappa shape index (κ2) is 6.06. The van der Waals surface area contributed by atoms with Crippen LogP contribution in [0.3, 0.4) is 0 Å². The Kier molecular flexibility index (Phi) is 4.60. The molecule has 0 aliphatic carbocycles. The van der Waals surface area contributed by atoms with Crippen molar-refractivity contribution in [3.05, 3.63) is 55.9 Å². The van der Waals surface area contributed by atoms with Gasteiger partial charge in [-0.15, -0.1) is 11.3 Å². The zero-order valence-electron chi connectivity index (χ0n) is 11.5. The van der Waals surface area contributed by atoms with E-state index in [0.717, 1.165) is 4.88 Å². The molecule has 1 unspecified atom stereocenters. The molecule has 5 heteroatoms. The summed E-state index contributed by atoms with van der Waals surface area (Å²) in [7, 11) is 1.74. The first kappa shape index (κ1) is 15.2. The SMILES string of the molecule is Cc1ccc(C(C)N(C)C(=O)c2cc(F)ccc2Br)s1. The van der Waals surface area contributed by atoms with Crippen molar-refractivity contribution in [3.63, 3.8) is 0 Å². The van der Waals surface area contributed by atoms with Crippen molar-refractivity contribution in [1.82, 2.24) is 4.90 Å². The van der Waals surface area contributed by atoms with E-state index in [1.54, 1.807) is 29.4 Å². The fourth-order valence-electron chi connectivity index (χ4n) is 1.90. The molecule has 0 saturated heterocycles. The molecule has 0 radical (unpaired) electrons. The average Bonchev–Trinajstić information content (AvgIpc) is 2.85. The molecule has 0 fully saturated rings. The first-order valence-corrected chi connectivity index (χ1v) is 7.79. The molecule has 0 spiro atoms. The van der Waals surface area contributed by atoms with E-state index in [4.69, 9.17) is 0 Å². The molecule has 106 valence electrons. The molecule has 1 aromatic heterocycles. The Morgan fingerprint density at radius 3 is 2.65 bits per heavy atom. The molecule has 1 atom stereocenters. The number of amides is 1. The van der Waals surface area contributed by atoms with Crippen molar-refractivity contribution in [2.45, 2.75) is 19.9 Å². The average molecular weight is 356 g/mol. The highest BCUT2D eigenvalue weighted by molar-refractivity contribution is 9.10. The molecule has 0 aliphatic heterocycles. The van der Waals surface area contributed by atoms with E-state index in [0.29, 0.717) is 10.0 Å². The lowest BCUT2D eigenvalue weighted by Gasteiger charge is -2.24. The lowest BCUT2D eigenvalue weighted by molar-refractivity contribution is 0.0743. The number of aryl methyl sites for hydroxylation is 1. The maximum atomic E-state index is 13.3. The van der Waals surface area contributed by atoms with Gasteiger partial charge in [0.05, 0.1) is 11.6 Å². The summed E-state index contributed by atoms with van der Waals surface area (Å²) >= 11 is 4.96. The Hall–Kier alpha value is -1.20. The zero-order chi connectivity index (χ0) is 14.9. The monoisotopic (exact) mass is 355 g/mol. The van der Waals surface area contributed by atoms with Crippen LogP contribution < -0.4 is 0 Å². The normalized spacial score (nSPS) is 12.2. The van der Waals surface area contributed by atoms with E-state index in [9.17, 15) is 9.18 Å². The number of carbonyl (C=O) groups is 1. The third-order valence-corrected chi connectivity index (χ3v) is 5.10. The number of hydrogen-bond donors (Lipinski definition) is 0. The van der Waals surface area contributed by atoms with E-state index < -0.39 is 5.82 Å². The van der Waals surface area contributed by atoms with Gasteiger partial charge in [-0.2, -0.15) is 0 Å². The number of benzene rings is 1. The molecule has 20 heavy (non-hydrogen) atoms. The van der Waals surface area contributed by atoms with Crippen molar-refractivity contribution in [2.75, 3.05) is 7.05 Å². The van der Waals surface area contributed by atoms with E-state index in [1.165, 1.54) is 17.0 Å². The maximum absolute atomic E-state index is 13.3. The van der Waals surface area contributed by atoms with Crippen molar-refractivity contribution < 1.29 is 9.18 Å². The molecule has 0 saturated carbocycles.